The van der Waals surface area contributed by atoms with Crippen molar-refractivity contribution in [3.8, 4) is 5.75 Å². The van der Waals surface area contributed by atoms with Gasteiger partial charge in [0.05, 0.1) is 13.2 Å². The Morgan fingerprint density at radius 1 is 1.24 bits per heavy atom. The third-order valence-electron chi connectivity index (χ3n) is 3.96. The number of methoxy groups -OCH3 is 1. The maximum Gasteiger partial charge on any atom is 0.191 e. The molecule has 5 nitrogen and oxygen atoms in total. The van der Waals surface area contributed by atoms with Crippen molar-refractivity contribution < 1.29 is 9.47 Å². The number of ether oxygens (including phenoxy) is 2. The fourth-order valence-electron chi connectivity index (χ4n) is 2.55. The molecule has 0 saturated carbocycles. The zero-order chi connectivity index (χ0) is 17.9. The average Bonchev–Trinajstić information content (AvgIpc) is 2.57. The van der Waals surface area contributed by atoms with Crippen LogP contribution in [0, 0.1) is 12.8 Å². The minimum Gasteiger partial charge on any atom is -0.496 e. The highest BCUT2D eigenvalue weighted by molar-refractivity contribution is 14.0. The number of hydrogen-bond donors (Lipinski definition) is 2. The molecule has 1 unspecified atom stereocenters. The van der Waals surface area contributed by atoms with E-state index in [0.717, 1.165) is 36.8 Å². The number of aryl methyl sites for hydroxylation is 1. The first kappa shape index (κ1) is 24.0. The van der Waals surface area contributed by atoms with E-state index in [9.17, 15) is 0 Å². The van der Waals surface area contributed by atoms with E-state index in [4.69, 9.17) is 9.47 Å². The lowest BCUT2D eigenvalue weighted by molar-refractivity contribution is 0.0258. The van der Waals surface area contributed by atoms with E-state index < -0.39 is 0 Å². The summed E-state index contributed by atoms with van der Waals surface area (Å²) in [6.45, 7) is 10.7. The van der Waals surface area contributed by atoms with E-state index in [1.54, 1.807) is 14.2 Å². The van der Waals surface area contributed by atoms with Crippen LogP contribution >= 0.6 is 24.0 Å². The Balaban J connectivity index is 0.00000576. The standard InChI is InChI=1S/C19H33N3O2.HI/c1-7-24-17(14(2)3)10-11-21-19(20-5)22-13-16-9-8-15(4)12-18(16)23-6;/h8-9,12,14,17H,7,10-11,13H2,1-6H3,(H2,20,21,22);1H. The van der Waals surface area contributed by atoms with Crippen molar-refractivity contribution in [1.29, 1.82) is 0 Å². The summed E-state index contributed by atoms with van der Waals surface area (Å²) in [5.41, 5.74) is 2.30. The number of benzene rings is 1. The molecule has 144 valence electrons. The number of aliphatic imine (C=N–C) groups is 1. The molecule has 0 amide bonds. The molecule has 6 heteroatoms. The van der Waals surface area contributed by atoms with Gasteiger partial charge < -0.3 is 20.1 Å². The summed E-state index contributed by atoms with van der Waals surface area (Å²) in [6.07, 6.45) is 1.23. The predicted molar refractivity (Wildman–Crippen MR) is 116 cm³/mol. The first-order valence-corrected chi connectivity index (χ1v) is 8.71. The number of hydrogen-bond acceptors (Lipinski definition) is 3. The van der Waals surface area contributed by atoms with Gasteiger partial charge in [-0.1, -0.05) is 26.0 Å². The van der Waals surface area contributed by atoms with Crippen LogP contribution in [-0.2, 0) is 11.3 Å². The van der Waals surface area contributed by atoms with Gasteiger partial charge in [-0.05, 0) is 37.8 Å². The lowest BCUT2D eigenvalue weighted by Crippen LogP contribution is -2.39. The second-order valence-electron chi connectivity index (χ2n) is 6.19. The van der Waals surface area contributed by atoms with Crippen molar-refractivity contribution in [2.24, 2.45) is 10.9 Å². The molecule has 1 rings (SSSR count). The lowest BCUT2D eigenvalue weighted by Gasteiger charge is -2.21. The molecule has 0 heterocycles. The first-order chi connectivity index (χ1) is 11.5. The normalized spacial score (nSPS) is 12.5. The molecule has 0 radical (unpaired) electrons. The summed E-state index contributed by atoms with van der Waals surface area (Å²) in [4.78, 5) is 4.28. The van der Waals surface area contributed by atoms with Crippen LogP contribution in [-0.4, -0.2) is 39.4 Å². The molecule has 0 aromatic heterocycles. The van der Waals surface area contributed by atoms with E-state index in [-0.39, 0.29) is 30.1 Å². The number of halogens is 1. The van der Waals surface area contributed by atoms with Gasteiger partial charge in [0.2, 0.25) is 0 Å². The van der Waals surface area contributed by atoms with E-state index in [1.165, 1.54) is 5.56 Å². The van der Waals surface area contributed by atoms with E-state index in [0.29, 0.717) is 12.5 Å². The minimum atomic E-state index is 0. The van der Waals surface area contributed by atoms with Crippen LogP contribution in [0.5, 0.6) is 5.75 Å². The van der Waals surface area contributed by atoms with E-state index in [1.807, 2.05) is 13.0 Å². The van der Waals surface area contributed by atoms with Crippen molar-refractivity contribution in [3.05, 3.63) is 29.3 Å². The zero-order valence-corrected chi connectivity index (χ0v) is 18.7. The van der Waals surface area contributed by atoms with Gasteiger partial charge in [0, 0.05) is 32.3 Å². The number of nitrogens with zero attached hydrogens (tertiary/aromatic N) is 1. The molecule has 0 bridgehead atoms. The maximum absolute atomic E-state index is 5.77. The molecule has 2 N–H and O–H groups in total. The fourth-order valence-corrected chi connectivity index (χ4v) is 2.55. The predicted octanol–water partition coefficient (Wildman–Crippen LogP) is 3.74. The Labute approximate surface area is 170 Å². The largest absolute Gasteiger partial charge is 0.496 e. The highest BCUT2D eigenvalue weighted by Crippen LogP contribution is 2.19. The van der Waals surface area contributed by atoms with E-state index >= 15 is 0 Å². The quantitative estimate of drug-likeness (QED) is 0.333. The van der Waals surface area contributed by atoms with Gasteiger partial charge in [-0.3, -0.25) is 4.99 Å². The summed E-state index contributed by atoms with van der Waals surface area (Å²) >= 11 is 0. The smallest absolute Gasteiger partial charge is 0.191 e. The summed E-state index contributed by atoms with van der Waals surface area (Å²) in [6, 6.07) is 6.21. The van der Waals surface area contributed by atoms with Crippen molar-refractivity contribution in [2.75, 3.05) is 27.3 Å². The topological polar surface area (TPSA) is 54.9 Å². The fraction of sp³-hybridized carbons (Fsp3) is 0.632. The highest BCUT2D eigenvalue weighted by atomic mass is 127. The molecule has 0 fully saturated rings. The number of rotatable bonds is 9. The molecular formula is C19H34IN3O2. The second-order valence-corrected chi connectivity index (χ2v) is 6.19. The van der Waals surface area contributed by atoms with Crippen LogP contribution < -0.4 is 15.4 Å². The Morgan fingerprint density at radius 2 is 1.96 bits per heavy atom. The highest BCUT2D eigenvalue weighted by Gasteiger charge is 2.13. The van der Waals surface area contributed by atoms with Crippen LogP contribution in [0.25, 0.3) is 0 Å². The third-order valence-corrected chi connectivity index (χ3v) is 3.96. The SMILES string of the molecule is CCOC(CCNC(=NC)NCc1ccc(C)cc1OC)C(C)C.I. The van der Waals surface area contributed by atoms with Gasteiger partial charge in [0.1, 0.15) is 5.75 Å². The molecule has 0 spiro atoms. The number of guanidine groups is 1. The molecule has 0 aliphatic carbocycles. The second kappa shape index (κ2) is 13.2. The Kier molecular flexibility index (Phi) is 12.7. The summed E-state index contributed by atoms with van der Waals surface area (Å²) < 4.78 is 11.2. The van der Waals surface area contributed by atoms with Gasteiger partial charge in [-0.15, -0.1) is 24.0 Å². The van der Waals surface area contributed by atoms with Gasteiger partial charge in [-0.2, -0.15) is 0 Å². The van der Waals surface area contributed by atoms with E-state index in [2.05, 4.69) is 48.5 Å². The Hall–Kier alpha value is -1.02. The molecule has 1 aromatic rings. The van der Waals surface area contributed by atoms with Gasteiger partial charge in [0.15, 0.2) is 5.96 Å². The molecular weight excluding hydrogens is 429 g/mol. The van der Waals surface area contributed by atoms with Gasteiger partial charge >= 0.3 is 0 Å². The maximum atomic E-state index is 5.77. The average molecular weight is 463 g/mol. The van der Waals surface area contributed by atoms with Crippen LogP contribution in [0.4, 0.5) is 0 Å². The lowest BCUT2D eigenvalue weighted by atomic mass is 10.0. The van der Waals surface area contributed by atoms with Crippen LogP contribution in [0.2, 0.25) is 0 Å². The van der Waals surface area contributed by atoms with Crippen LogP contribution in [0.15, 0.2) is 23.2 Å². The Morgan fingerprint density at radius 3 is 2.52 bits per heavy atom. The molecule has 25 heavy (non-hydrogen) atoms. The molecule has 0 saturated heterocycles. The zero-order valence-electron chi connectivity index (χ0n) is 16.4. The number of nitrogens with one attached hydrogen (secondary N) is 2. The molecule has 1 aromatic carbocycles. The third kappa shape index (κ3) is 8.76. The summed E-state index contributed by atoms with van der Waals surface area (Å²) in [7, 11) is 3.48. The summed E-state index contributed by atoms with van der Waals surface area (Å²) in [5.74, 6) is 2.20. The minimum absolute atomic E-state index is 0. The molecule has 1 atom stereocenters. The first-order valence-electron chi connectivity index (χ1n) is 8.71. The van der Waals surface area contributed by atoms with Crippen molar-refractivity contribution in [1.82, 2.24) is 10.6 Å². The monoisotopic (exact) mass is 463 g/mol. The van der Waals surface area contributed by atoms with Crippen molar-refractivity contribution in [3.63, 3.8) is 0 Å². The molecule has 0 aliphatic rings. The van der Waals surface area contributed by atoms with Crippen LogP contribution in [0.3, 0.4) is 0 Å². The Bertz CT molecular complexity index is 521. The van der Waals surface area contributed by atoms with Gasteiger partial charge in [0.25, 0.3) is 0 Å². The van der Waals surface area contributed by atoms with Crippen molar-refractivity contribution >= 4 is 29.9 Å². The summed E-state index contributed by atoms with van der Waals surface area (Å²) in [5, 5.41) is 6.68. The molecule has 0 aliphatic heterocycles. The van der Waals surface area contributed by atoms with Crippen molar-refractivity contribution in [2.45, 2.75) is 46.8 Å². The van der Waals surface area contributed by atoms with Crippen LogP contribution in [0.1, 0.15) is 38.3 Å². The van der Waals surface area contributed by atoms with Gasteiger partial charge in [-0.25, -0.2) is 0 Å².